The Morgan fingerprint density at radius 1 is 0.703 bits per heavy atom. The first-order chi connectivity index (χ1) is 17.7. The van der Waals surface area contributed by atoms with Crippen LogP contribution in [-0.4, -0.2) is 18.2 Å². The lowest BCUT2D eigenvalue weighted by Gasteiger charge is -2.19. The molecule has 4 nitrogen and oxygen atoms in total. The summed E-state index contributed by atoms with van der Waals surface area (Å²) < 4.78 is 17.1. The zero-order valence-electron chi connectivity index (χ0n) is 22.0. The Kier molecular flexibility index (Phi) is 8.24. The first kappa shape index (κ1) is 26.4. The van der Waals surface area contributed by atoms with E-state index in [1.54, 1.807) is 12.1 Å². The van der Waals surface area contributed by atoms with Crippen LogP contribution in [0, 0.1) is 13.8 Å². The molecule has 4 rings (SSSR count). The number of ether oxygens (including phenoxy) is 3. The molecule has 0 aliphatic heterocycles. The van der Waals surface area contributed by atoms with Gasteiger partial charge in [0.15, 0.2) is 21.3 Å². The van der Waals surface area contributed by atoms with Crippen LogP contribution in [0.4, 0.5) is 0 Å². The third kappa shape index (κ3) is 7.17. The van der Waals surface area contributed by atoms with E-state index in [9.17, 15) is 4.79 Å². The highest BCUT2D eigenvalue weighted by molar-refractivity contribution is 7.97. The van der Waals surface area contributed by atoms with Crippen molar-refractivity contribution in [2.24, 2.45) is 0 Å². The Hall–Kier alpha value is -3.70. The van der Waals surface area contributed by atoms with Gasteiger partial charge in [-0.15, -0.1) is 0 Å². The van der Waals surface area contributed by atoms with Crippen molar-refractivity contribution in [1.29, 1.82) is 0 Å². The number of esters is 1. The van der Waals surface area contributed by atoms with Gasteiger partial charge in [-0.25, -0.2) is 4.79 Å². The summed E-state index contributed by atoms with van der Waals surface area (Å²) in [6.45, 7) is 9.53. The quantitative estimate of drug-likeness (QED) is 0.177. The molecule has 0 aromatic heterocycles. The van der Waals surface area contributed by atoms with Crippen LogP contribution in [0.2, 0.25) is 0 Å². The highest BCUT2D eigenvalue weighted by atomic mass is 32.2. The maximum absolute atomic E-state index is 11.9. The summed E-state index contributed by atoms with van der Waals surface area (Å²) >= 11 is 0. The van der Waals surface area contributed by atoms with Crippen LogP contribution >= 0.6 is 0 Å². The van der Waals surface area contributed by atoms with Gasteiger partial charge in [-0.05, 0) is 94.3 Å². The predicted octanol–water partition coefficient (Wildman–Crippen LogP) is 7.91. The van der Waals surface area contributed by atoms with Crippen LogP contribution in [0.25, 0.3) is 0 Å². The maximum atomic E-state index is 11.9. The fourth-order valence-corrected chi connectivity index (χ4v) is 6.21. The van der Waals surface area contributed by atoms with E-state index in [0.29, 0.717) is 11.5 Å². The van der Waals surface area contributed by atoms with Crippen molar-refractivity contribution >= 4 is 16.9 Å². The van der Waals surface area contributed by atoms with Gasteiger partial charge >= 0.3 is 5.97 Å². The van der Waals surface area contributed by atoms with E-state index in [4.69, 9.17) is 14.2 Å². The van der Waals surface area contributed by atoms with Crippen molar-refractivity contribution in [3.05, 3.63) is 108 Å². The van der Waals surface area contributed by atoms with E-state index in [1.807, 2.05) is 32.9 Å². The van der Waals surface area contributed by atoms with Crippen molar-refractivity contribution in [1.82, 2.24) is 0 Å². The Bertz CT molecular complexity index is 1260. The molecule has 0 atom stereocenters. The summed E-state index contributed by atoms with van der Waals surface area (Å²) in [5, 5.41) is 0. The molecule has 0 spiro atoms. The van der Waals surface area contributed by atoms with Gasteiger partial charge < -0.3 is 14.2 Å². The minimum atomic E-state index is -0.536. The molecule has 0 unspecified atom stereocenters. The topological polar surface area (TPSA) is 44.8 Å². The monoisotopic (exact) mass is 513 g/mol. The Balaban J connectivity index is 1.52. The molecule has 0 aliphatic carbocycles. The van der Waals surface area contributed by atoms with Crippen LogP contribution in [0.15, 0.2) is 112 Å². The maximum Gasteiger partial charge on any atom is 0.344 e. The van der Waals surface area contributed by atoms with Crippen LogP contribution < -0.4 is 9.47 Å². The van der Waals surface area contributed by atoms with E-state index in [1.165, 1.54) is 14.7 Å². The SMILES string of the molecule is Cc1cc([S+](c2ccccc2)c2ccccc2)cc(C)c1Oc1ccc(OCC(=O)OC(C)(C)C)cc1. The third-order valence-corrected chi connectivity index (χ3v) is 7.64. The summed E-state index contributed by atoms with van der Waals surface area (Å²) in [4.78, 5) is 15.7. The number of hydrogen-bond acceptors (Lipinski definition) is 4. The second-order valence-corrected chi connectivity index (χ2v) is 11.8. The van der Waals surface area contributed by atoms with Crippen molar-refractivity contribution in [3.8, 4) is 17.2 Å². The van der Waals surface area contributed by atoms with Crippen molar-refractivity contribution in [2.45, 2.75) is 54.9 Å². The fraction of sp³-hybridized carbons (Fsp3) is 0.219. The molecule has 0 saturated heterocycles. The lowest BCUT2D eigenvalue weighted by molar-refractivity contribution is -0.157. The third-order valence-electron chi connectivity index (χ3n) is 5.45. The van der Waals surface area contributed by atoms with E-state index in [-0.39, 0.29) is 17.5 Å². The van der Waals surface area contributed by atoms with Gasteiger partial charge in [0.05, 0.1) is 10.9 Å². The van der Waals surface area contributed by atoms with Crippen LogP contribution in [-0.2, 0) is 20.4 Å². The molecule has 5 heteroatoms. The average Bonchev–Trinajstić information content (AvgIpc) is 2.86. The molecule has 190 valence electrons. The van der Waals surface area contributed by atoms with Gasteiger partial charge in [0, 0.05) is 12.1 Å². The second-order valence-electron chi connectivity index (χ2n) is 9.77. The number of aryl methyl sites for hydroxylation is 2. The summed E-state index contributed by atoms with van der Waals surface area (Å²) in [6.07, 6.45) is 0. The Labute approximate surface area is 222 Å². The van der Waals surface area contributed by atoms with Crippen LogP contribution in [0.5, 0.6) is 17.2 Å². The number of carbonyl (C=O) groups is 1. The van der Waals surface area contributed by atoms with Crippen LogP contribution in [0.1, 0.15) is 31.9 Å². The molecule has 0 saturated carbocycles. The van der Waals surface area contributed by atoms with E-state index < -0.39 is 11.6 Å². The number of hydrogen-bond donors (Lipinski definition) is 0. The zero-order valence-corrected chi connectivity index (χ0v) is 22.8. The molecule has 0 heterocycles. The average molecular weight is 514 g/mol. The van der Waals surface area contributed by atoms with E-state index >= 15 is 0 Å². The highest BCUT2D eigenvalue weighted by Crippen LogP contribution is 2.37. The Morgan fingerprint density at radius 3 is 1.68 bits per heavy atom. The summed E-state index contributed by atoms with van der Waals surface area (Å²) in [5.74, 6) is 1.73. The number of rotatable bonds is 8. The minimum Gasteiger partial charge on any atom is -0.482 e. The highest BCUT2D eigenvalue weighted by Gasteiger charge is 2.29. The largest absolute Gasteiger partial charge is 0.482 e. The zero-order chi connectivity index (χ0) is 26.4. The van der Waals surface area contributed by atoms with Gasteiger partial charge in [-0.1, -0.05) is 36.4 Å². The van der Waals surface area contributed by atoms with Gasteiger partial charge in [0.2, 0.25) is 0 Å². The van der Waals surface area contributed by atoms with E-state index in [0.717, 1.165) is 16.9 Å². The van der Waals surface area contributed by atoms with Gasteiger partial charge in [0.1, 0.15) is 22.8 Å². The Morgan fingerprint density at radius 2 is 1.19 bits per heavy atom. The molecule has 37 heavy (non-hydrogen) atoms. The summed E-state index contributed by atoms with van der Waals surface area (Å²) in [5.41, 5.74) is 1.61. The summed E-state index contributed by atoms with van der Waals surface area (Å²) in [7, 11) is -0.216. The molecule has 0 radical (unpaired) electrons. The lowest BCUT2D eigenvalue weighted by Crippen LogP contribution is -2.27. The molecule has 0 fully saturated rings. The standard InChI is InChI=1S/C32H33O4S/c1-23-20-29(37(27-12-8-6-9-13-27)28-14-10-7-11-15-28)21-24(2)31(23)35-26-18-16-25(17-19-26)34-22-30(33)36-32(3,4)5/h6-21H,22H2,1-5H3/q+1. The minimum absolute atomic E-state index is 0.137. The van der Waals surface area contributed by atoms with Crippen molar-refractivity contribution < 1.29 is 19.0 Å². The molecular weight excluding hydrogens is 480 g/mol. The molecular formula is C32H33O4S+. The molecule has 4 aromatic carbocycles. The number of benzene rings is 4. The van der Waals surface area contributed by atoms with E-state index in [2.05, 4.69) is 86.6 Å². The van der Waals surface area contributed by atoms with Crippen molar-refractivity contribution in [3.63, 3.8) is 0 Å². The first-order valence-corrected chi connectivity index (χ1v) is 13.5. The fourth-order valence-electron chi connectivity index (χ4n) is 3.95. The van der Waals surface area contributed by atoms with Crippen molar-refractivity contribution in [2.75, 3.05) is 6.61 Å². The van der Waals surface area contributed by atoms with Gasteiger partial charge in [-0.2, -0.15) is 0 Å². The molecule has 4 aromatic rings. The lowest BCUT2D eigenvalue weighted by atomic mass is 10.1. The molecule has 0 amide bonds. The smallest absolute Gasteiger partial charge is 0.344 e. The van der Waals surface area contributed by atoms with Gasteiger partial charge in [-0.3, -0.25) is 0 Å². The molecule has 0 N–H and O–H groups in total. The van der Waals surface area contributed by atoms with Crippen LogP contribution in [0.3, 0.4) is 0 Å². The predicted molar refractivity (Wildman–Crippen MR) is 149 cm³/mol. The molecule has 0 aliphatic rings. The van der Waals surface area contributed by atoms with Gasteiger partial charge in [0.25, 0.3) is 0 Å². The summed E-state index contributed by atoms with van der Waals surface area (Å²) in [6, 6.07) is 33.0. The second kappa shape index (κ2) is 11.6. The number of carbonyl (C=O) groups excluding carboxylic acids is 1. The first-order valence-electron chi connectivity index (χ1n) is 12.3. The molecule has 0 bridgehead atoms. The normalized spacial score (nSPS) is 11.3.